The molecule has 0 spiro atoms. The molecule has 0 saturated carbocycles. The summed E-state index contributed by atoms with van der Waals surface area (Å²) in [6.07, 6.45) is 12.0. The van der Waals surface area contributed by atoms with E-state index in [1.165, 1.54) is 0 Å². The molecule has 0 unspecified atom stereocenters. The van der Waals surface area contributed by atoms with Crippen LogP contribution in [0.4, 0.5) is 0 Å². The molecule has 4 N–H and O–H groups in total. The molecule has 0 aliphatic rings. The van der Waals surface area contributed by atoms with Gasteiger partial charge in [-0.2, -0.15) is 0 Å². The average molecular weight is 631 g/mol. The highest BCUT2D eigenvalue weighted by molar-refractivity contribution is 5.77. The highest BCUT2D eigenvalue weighted by Gasteiger charge is 2.28. The van der Waals surface area contributed by atoms with Crippen molar-refractivity contribution >= 4 is 11.8 Å². The number of rotatable bonds is 10. The van der Waals surface area contributed by atoms with Crippen molar-refractivity contribution in [3.63, 3.8) is 0 Å². The van der Waals surface area contributed by atoms with E-state index in [0.717, 1.165) is 33.4 Å². The second kappa shape index (κ2) is 15.2. The number of aromatic hydroxyl groups is 2. The monoisotopic (exact) mass is 630 g/mol. The standard InChI is InChI=1S/C40H58N2O4/c1-37(2,3)29-23-27(24-30(35(29)45)38(4,5)6)17-19-33(43)41-21-15-13-14-16-22-42-34(44)20-18-28-25-31(39(7,8)9)36(46)32(26-28)40(10,11)12/h13-16,21-26,45-46H,17-20H2,1-12H3,(H,41,43)(H,42,44)/b14-13+,21-15+,22-16+. The van der Waals surface area contributed by atoms with Crippen LogP contribution >= 0.6 is 0 Å². The maximum Gasteiger partial charge on any atom is 0.224 e. The molecular weight excluding hydrogens is 572 g/mol. The molecule has 2 aromatic carbocycles. The Balaban J connectivity index is 1.86. The van der Waals surface area contributed by atoms with Gasteiger partial charge < -0.3 is 20.8 Å². The third-order valence-electron chi connectivity index (χ3n) is 7.87. The molecule has 0 atom stereocenters. The van der Waals surface area contributed by atoms with E-state index < -0.39 is 0 Å². The average Bonchev–Trinajstić information content (AvgIpc) is 2.90. The van der Waals surface area contributed by atoms with Gasteiger partial charge in [0, 0.05) is 25.2 Å². The number of hydrogen-bond donors (Lipinski definition) is 4. The van der Waals surface area contributed by atoms with Crippen LogP contribution in [-0.4, -0.2) is 22.0 Å². The predicted molar refractivity (Wildman–Crippen MR) is 191 cm³/mol. The first-order chi connectivity index (χ1) is 21.0. The second-order valence-electron chi connectivity index (χ2n) is 16.3. The first-order valence-electron chi connectivity index (χ1n) is 16.3. The number of phenols is 2. The minimum absolute atomic E-state index is 0.0898. The van der Waals surface area contributed by atoms with Crippen molar-refractivity contribution in [3.05, 3.63) is 94.4 Å². The van der Waals surface area contributed by atoms with Crippen molar-refractivity contribution < 1.29 is 19.8 Å². The van der Waals surface area contributed by atoms with Gasteiger partial charge in [-0.15, -0.1) is 0 Å². The van der Waals surface area contributed by atoms with E-state index in [1.54, 1.807) is 36.7 Å². The van der Waals surface area contributed by atoms with E-state index in [9.17, 15) is 19.8 Å². The van der Waals surface area contributed by atoms with Gasteiger partial charge in [0.25, 0.3) is 0 Å². The van der Waals surface area contributed by atoms with Crippen LogP contribution in [0.1, 0.15) is 129 Å². The zero-order chi connectivity index (χ0) is 35.1. The molecule has 0 bridgehead atoms. The fourth-order valence-electron chi connectivity index (χ4n) is 5.15. The Morgan fingerprint density at radius 2 is 0.783 bits per heavy atom. The maximum absolute atomic E-state index is 12.5. The van der Waals surface area contributed by atoms with Crippen LogP contribution in [0.5, 0.6) is 11.5 Å². The lowest BCUT2D eigenvalue weighted by atomic mass is 9.78. The second-order valence-corrected chi connectivity index (χ2v) is 16.3. The van der Waals surface area contributed by atoms with Crippen LogP contribution in [0.25, 0.3) is 0 Å². The zero-order valence-corrected chi connectivity index (χ0v) is 30.3. The van der Waals surface area contributed by atoms with Crippen LogP contribution < -0.4 is 10.6 Å². The number of aryl methyl sites for hydroxylation is 2. The quantitative estimate of drug-likeness (QED) is 0.198. The molecule has 0 fully saturated rings. The van der Waals surface area contributed by atoms with Crippen molar-refractivity contribution in [2.45, 2.75) is 130 Å². The number of amides is 2. The molecule has 46 heavy (non-hydrogen) atoms. The molecular formula is C40H58N2O4. The van der Waals surface area contributed by atoms with Gasteiger partial charge in [-0.25, -0.2) is 0 Å². The summed E-state index contributed by atoms with van der Waals surface area (Å²) in [5, 5.41) is 27.4. The van der Waals surface area contributed by atoms with Gasteiger partial charge in [0.05, 0.1) is 0 Å². The van der Waals surface area contributed by atoms with Crippen molar-refractivity contribution in [3.8, 4) is 11.5 Å². The number of carbonyl (C=O) groups excluding carboxylic acids is 2. The zero-order valence-electron chi connectivity index (χ0n) is 30.3. The third kappa shape index (κ3) is 11.5. The molecule has 0 heterocycles. The Hall–Kier alpha value is -3.80. The van der Waals surface area contributed by atoms with Crippen LogP contribution in [-0.2, 0) is 44.1 Å². The van der Waals surface area contributed by atoms with Gasteiger partial charge in [0.15, 0.2) is 0 Å². The summed E-state index contributed by atoms with van der Waals surface area (Å²) in [7, 11) is 0. The highest BCUT2D eigenvalue weighted by Crippen LogP contribution is 2.41. The first-order valence-corrected chi connectivity index (χ1v) is 16.3. The molecule has 6 heteroatoms. The van der Waals surface area contributed by atoms with Crippen LogP contribution in [0.3, 0.4) is 0 Å². The molecule has 252 valence electrons. The van der Waals surface area contributed by atoms with Gasteiger partial charge in [0.2, 0.25) is 11.8 Å². The Morgan fingerprint density at radius 1 is 0.522 bits per heavy atom. The minimum Gasteiger partial charge on any atom is -0.507 e. The van der Waals surface area contributed by atoms with E-state index in [2.05, 4.69) is 93.7 Å². The van der Waals surface area contributed by atoms with Gasteiger partial charge in [-0.05, 0) is 80.0 Å². The number of allylic oxidation sites excluding steroid dienone is 4. The van der Waals surface area contributed by atoms with E-state index in [0.29, 0.717) is 37.2 Å². The van der Waals surface area contributed by atoms with Gasteiger partial charge in [-0.1, -0.05) is 120 Å². The van der Waals surface area contributed by atoms with Crippen molar-refractivity contribution in [1.82, 2.24) is 10.6 Å². The maximum atomic E-state index is 12.5. The lowest BCUT2D eigenvalue weighted by Gasteiger charge is -2.28. The van der Waals surface area contributed by atoms with Crippen LogP contribution in [0.15, 0.2) is 61.0 Å². The highest BCUT2D eigenvalue weighted by atomic mass is 16.3. The Kier molecular flexibility index (Phi) is 12.7. The van der Waals surface area contributed by atoms with Gasteiger partial charge in [-0.3, -0.25) is 9.59 Å². The number of benzene rings is 2. The summed E-state index contributed by atoms with van der Waals surface area (Å²) in [6.45, 7) is 25.0. The van der Waals surface area contributed by atoms with Crippen molar-refractivity contribution in [1.29, 1.82) is 0 Å². The van der Waals surface area contributed by atoms with E-state index >= 15 is 0 Å². The molecule has 2 amide bonds. The van der Waals surface area contributed by atoms with Gasteiger partial charge >= 0.3 is 0 Å². The van der Waals surface area contributed by atoms with E-state index in [-0.39, 0.29) is 33.5 Å². The fourth-order valence-corrected chi connectivity index (χ4v) is 5.15. The lowest BCUT2D eigenvalue weighted by molar-refractivity contribution is -0.120. The molecule has 0 radical (unpaired) electrons. The molecule has 0 aliphatic heterocycles. The topological polar surface area (TPSA) is 98.7 Å². The number of phenolic OH excluding ortho intramolecular Hbond substituents is 2. The summed E-state index contributed by atoms with van der Waals surface area (Å²) < 4.78 is 0. The summed E-state index contributed by atoms with van der Waals surface area (Å²) in [4.78, 5) is 24.9. The Morgan fingerprint density at radius 3 is 1.02 bits per heavy atom. The number of carbonyl (C=O) groups is 2. The summed E-state index contributed by atoms with van der Waals surface area (Å²) in [5.74, 6) is 0.506. The molecule has 6 nitrogen and oxygen atoms in total. The normalized spacial score (nSPS) is 13.2. The number of nitrogens with one attached hydrogen (secondary N) is 2. The SMILES string of the molecule is CC(C)(C)c1cc(CCC(=O)N/C=C/C=C/C=C/NC(=O)CCc2cc(C(C)(C)C)c(O)c(C(C)(C)C)c2)cc(C(C)(C)C)c1O. The number of hydrogen-bond acceptors (Lipinski definition) is 4. The van der Waals surface area contributed by atoms with E-state index in [1.807, 2.05) is 24.3 Å². The largest absolute Gasteiger partial charge is 0.507 e. The molecule has 2 rings (SSSR count). The van der Waals surface area contributed by atoms with E-state index in [4.69, 9.17) is 0 Å². The van der Waals surface area contributed by atoms with Crippen LogP contribution in [0.2, 0.25) is 0 Å². The molecule has 0 aromatic heterocycles. The van der Waals surface area contributed by atoms with Crippen LogP contribution in [0, 0.1) is 0 Å². The lowest BCUT2D eigenvalue weighted by Crippen LogP contribution is -2.19. The Bertz CT molecular complexity index is 1290. The summed E-state index contributed by atoms with van der Waals surface area (Å²) in [6, 6.07) is 8.06. The minimum atomic E-state index is -0.213. The predicted octanol–water partition coefficient (Wildman–Crippen LogP) is 8.67. The molecule has 2 aromatic rings. The van der Waals surface area contributed by atoms with Crippen molar-refractivity contribution in [2.75, 3.05) is 0 Å². The molecule has 0 saturated heterocycles. The Labute approximate surface area is 278 Å². The first kappa shape index (κ1) is 38.4. The molecule has 0 aliphatic carbocycles. The van der Waals surface area contributed by atoms with Gasteiger partial charge in [0.1, 0.15) is 11.5 Å². The fraction of sp³-hybridized carbons (Fsp3) is 0.500. The summed E-state index contributed by atoms with van der Waals surface area (Å²) in [5.41, 5.74) is 4.79. The van der Waals surface area contributed by atoms with Crippen molar-refractivity contribution in [2.24, 2.45) is 0 Å². The summed E-state index contributed by atoms with van der Waals surface area (Å²) >= 11 is 0. The third-order valence-corrected chi connectivity index (χ3v) is 7.87. The smallest absolute Gasteiger partial charge is 0.224 e.